The Morgan fingerprint density at radius 3 is 1.67 bits per heavy atom. The molecule has 0 spiro atoms. The van der Waals surface area contributed by atoms with E-state index in [4.69, 9.17) is 9.97 Å². The Morgan fingerprint density at radius 1 is 0.400 bits per heavy atom. The summed E-state index contributed by atoms with van der Waals surface area (Å²) < 4.78 is 0. The molecule has 1 aliphatic heterocycles. The predicted octanol–water partition coefficient (Wildman–Crippen LogP) is 9.74. The first kappa shape index (κ1) is 26.1. The Bertz CT molecular complexity index is 2430. The summed E-state index contributed by atoms with van der Waals surface area (Å²) >= 11 is 0. The summed E-state index contributed by atoms with van der Waals surface area (Å²) in [6, 6.07) is 52.6. The largest absolute Gasteiger partial charge is 0.228 e. The smallest absolute Gasteiger partial charge is 0.160 e. The second-order valence-corrected chi connectivity index (χ2v) is 16.9. The third-order valence-electron chi connectivity index (χ3n) is 9.64. The first-order valence-corrected chi connectivity index (χ1v) is 18.6. The molecule has 7 aromatic carbocycles. The maximum absolute atomic E-state index is 5.35. The zero-order valence-electron chi connectivity index (χ0n) is 25.3. The van der Waals surface area contributed by atoms with E-state index in [9.17, 15) is 0 Å². The lowest BCUT2D eigenvalue weighted by Gasteiger charge is -2.21. The Labute approximate surface area is 263 Å². The van der Waals surface area contributed by atoms with Gasteiger partial charge in [0.1, 0.15) is 8.07 Å². The highest BCUT2D eigenvalue weighted by molar-refractivity contribution is 7.04. The molecule has 0 unspecified atom stereocenters. The van der Waals surface area contributed by atoms with Gasteiger partial charge in [-0.1, -0.05) is 147 Å². The summed E-state index contributed by atoms with van der Waals surface area (Å²) in [5.74, 6) is 0.771. The normalized spacial score (nSPS) is 13.3. The Kier molecular flexibility index (Phi) is 5.68. The highest BCUT2D eigenvalue weighted by Gasteiger charge is 2.41. The molecule has 8 aromatic rings. The molecule has 2 heterocycles. The lowest BCUT2D eigenvalue weighted by atomic mass is 9.92. The fraction of sp³-hybridized carbons (Fsp3) is 0.0476. The fourth-order valence-corrected chi connectivity index (χ4v) is 10.7. The number of benzene rings is 7. The van der Waals surface area contributed by atoms with Gasteiger partial charge in [-0.25, -0.2) is 9.97 Å². The third-order valence-corrected chi connectivity index (χ3v) is 13.1. The summed E-state index contributed by atoms with van der Waals surface area (Å²) in [6.07, 6.45) is 0. The fourth-order valence-electron chi connectivity index (χ4n) is 7.48. The van der Waals surface area contributed by atoms with E-state index in [0.29, 0.717) is 0 Å². The van der Waals surface area contributed by atoms with Gasteiger partial charge in [-0.3, -0.25) is 0 Å². The summed E-state index contributed by atoms with van der Waals surface area (Å²) in [5, 5.41) is 10.5. The van der Waals surface area contributed by atoms with Crippen molar-refractivity contribution in [2.24, 2.45) is 0 Å². The highest BCUT2D eigenvalue weighted by atomic mass is 28.3. The minimum absolute atomic E-state index is 0.771. The molecule has 0 amide bonds. The van der Waals surface area contributed by atoms with Gasteiger partial charge in [0.25, 0.3) is 0 Å². The van der Waals surface area contributed by atoms with Crippen molar-refractivity contribution in [3.63, 3.8) is 0 Å². The van der Waals surface area contributed by atoms with E-state index in [0.717, 1.165) is 33.9 Å². The van der Waals surface area contributed by atoms with Gasteiger partial charge >= 0.3 is 0 Å². The monoisotopic (exact) mass is 590 g/mol. The van der Waals surface area contributed by atoms with E-state index in [2.05, 4.69) is 159 Å². The molecule has 0 fully saturated rings. The number of rotatable bonds is 3. The van der Waals surface area contributed by atoms with Gasteiger partial charge < -0.3 is 0 Å². The van der Waals surface area contributed by atoms with Crippen LogP contribution in [0.3, 0.4) is 0 Å². The van der Waals surface area contributed by atoms with E-state index in [1.54, 1.807) is 0 Å². The van der Waals surface area contributed by atoms with Crippen molar-refractivity contribution in [1.29, 1.82) is 0 Å². The number of fused-ring (bicyclic) bond motifs is 9. The van der Waals surface area contributed by atoms with Crippen molar-refractivity contribution in [1.82, 2.24) is 9.97 Å². The molecule has 3 heteroatoms. The number of hydrogen-bond acceptors (Lipinski definition) is 2. The van der Waals surface area contributed by atoms with Crippen LogP contribution in [0.5, 0.6) is 0 Å². The van der Waals surface area contributed by atoms with Crippen LogP contribution >= 0.6 is 0 Å². The molecule has 1 aliphatic rings. The molecular weight excluding hydrogens is 561 g/mol. The van der Waals surface area contributed by atoms with Crippen molar-refractivity contribution in [3.8, 4) is 45.0 Å². The van der Waals surface area contributed by atoms with Crippen LogP contribution in [-0.2, 0) is 0 Å². The van der Waals surface area contributed by atoms with E-state index < -0.39 is 8.07 Å². The zero-order chi connectivity index (χ0) is 30.1. The summed E-state index contributed by atoms with van der Waals surface area (Å²) in [6.45, 7) is 4.86. The van der Waals surface area contributed by atoms with Gasteiger partial charge in [-0.15, -0.1) is 0 Å². The minimum atomic E-state index is -1.99. The van der Waals surface area contributed by atoms with Crippen LogP contribution in [0, 0.1) is 0 Å². The summed E-state index contributed by atoms with van der Waals surface area (Å²) in [5.41, 5.74) is 7.95. The average molecular weight is 591 g/mol. The zero-order valence-corrected chi connectivity index (χ0v) is 26.3. The van der Waals surface area contributed by atoms with Crippen LogP contribution in [0.1, 0.15) is 0 Å². The Morgan fingerprint density at radius 2 is 0.933 bits per heavy atom. The van der Waals surface area contributed by atoms with Crippen LogP contribution in [0.2, 0.25) is 13.1 Å². The van der Waals surface area contributed by atoms with Crippen molar-refractivity contribution in [2.45, 2.75) is 13.1 Å². The van der Waals surface area contributed by atoms with Crippen molar-refractivity contribution >= 4 is 50.8 Å². The molecule has 0 N–H and O–H groups in total. The molecule has 0 bridgehead atoms. The summed E-state index contributed by atoms with van der Waals surface area (Å²) in [4.78, 5) is 10.7. The first-order valence-electron chi connectivity index (χ1n) is 15.6. The topological polar surface area (TPSA) is 25.8 Å². The molecule has 0 saturated carbocycles. The Hall–Kier alpha value is -5.38. The molecule has 9 rings (SSSR count). The lowest BCUT2D eigenvalue weighted by molar-refractivity contribution is 1.20. The standard InChI is InChI=1S/C42H30N2Si/c1-45(2)38-22-11-10-21-36(38)40-41(45)39(27-13-4-3-5-14-27)43-42(44-40)30-16-12-15-28(25-30)29-23-24-35-33-19-7-6-17-31(33)32-18-8-9-20-34(32)37(35)26-29/h3-26H,1-2H3. The molecule has 45 heavy (non-hydrogen) atoms. The molecule has 0 saturated heterocycles. The Balaban J connectivity index is 1.24. The molecule has 212 valence electrons. The van der Waals surface area contributed by atoms with E-state index >= 15 is 0 Å². The van der Waals surface area contributed by atoms with Crippen molar-refractivity contribution in [3.05, 3.63) is 146 Å². The van der Waals surface area contributed by atoms with Crippen LogP contribution in [-0.4, -0.2) is 18.0 Å². The predicted molar refractivity (Wildman–Crippen MR) is 193 cm³/mol. The van der Waals surface area contributed by atoms with Gasteiger partial charge in [0.2, 0.25) is 0 Å². The molecule has 1 aromatic heterocycles. The van der Waals surface area contributed by atoms with Gasteiger partial charge in [0.15, 0.2) is 5.82 Å². The molecule has 0 aliphatic carbocycles. The average Bonchev–Trinajstić information content (AvgIpc) is 3.34. The van der Waals surface area contributed by atoms with Crippen LogP contribution in [0.4, 0.5) is 0 Å². The first-order chi connectivity index (χ1) is 22.1. The van der Waals surface area contributed by atoms with E-state index in [-0.39, 0.29) is 0 Å². The highest BCUT2D eigenvalue weighted by Crippen LogP contribution is 2.38. The molecular formula is C42H30N2Si. The molecule has 0 atom stereocenters. The van der Waals surface area contributed by atoms with Gasteiger partial charge in [0, 0.05) is 11.1 Å². The maximum atomic E-state index is 5.35. The molecule has 2 nitrogen and oxygen atoms in total. The number of aromatic nitrogens is 2. The third kappa shape index (κ3) is 3.94. The minimum Gasteiger partial charge on any atom is -0.228 e. The van der Waals surface area contributed by atoms with Gasteiger partial charge in [-0.05, 0) is 71.5 Å². The van der Waals surface area contributed by atoms with Crippen LogP contribution < -0.4 is 10.4 Å². The van der Waals surface area contributed by atoms with Gasteiger partial charge in [0.05, 0.1) is 11.4 Å². The van der Waals surface area contributed by atoms with Crippen molar-refractivity contribution < 1.29 is 0 Å². The quantitative estimate of drug-likeness (QED) is 0.151. The van der Waals surface area contributed by atoms with Gasteiger partial charge in [-0.2, -0.15) is 0 Å². The van der Waals surface area contributed by atoms with Crippen LogP contribution in [0.25, 0.3) is 77.3 Å². The second-order valence-electron chi connectivity index (χ2n) is 12.6. The van der Waals surface area contributed by atoms with E-state index in [1.165, 1.54) is 53.8 Å². The summed E-state index contributed by atoms with van der Waals surface area (Å²) in [7, 11) is -1.99. The number of hydrogen-bond donors (Lipinski definition) is 0. The van der Waals surface area contributed by atoms with Crippen molar-refractivity contribution in [2.75, 3.05) is 0 Å². The van der Waals surface area contributed by atoms with E-state index in [1.807, 2.05) is 0 Å². The maximum Gasteiger partial charge on any atom is 0.160 e. The SMILES string of the molecule is C[Si]1(C)c2ccccc2-c2nc(-c3cccc(-c4ccc5c6ccccc6c6ccccc6c5c4)c3)nc(-c3ccccc3)c21. The lowest BCUT2D eigenvalue weighted by Crippen LogP contribution is -2.50. The number of nitrogens with zero attached hydrogens (tertiary/aromatic N) is 2. The second kappa shape index (κ2) is 9.81. The molecule has 0 radical (unpaired) electrons. The van der Waals surface area contributed by atoms with Crippen LogP contribution in [0.15, 0.2) is 146 Å².